The smallest absolute Gasteiger partial charge is 0.316 e. The van der Waals surface area contributed by atoms with Gasteiger partial charge in [-0.2, -0.15) is 0 Å². The second-order valence-corrected chi connectivity index (χ2v) is 15.4. The fourth-order valence-corrected chi connectivity index (χ4v) is 9.95. The third-order valence-corrected chi connectivity index (χ3v) is 12.2. The molecule has 0 aromatic carbocycles. The number of nitrogens with one attached hydrogen (secondary N) is 3. The molecule has 0 radical (unpaired) electrons. The molecule has 6 aliphatic heterocycles. The Kier molecular flexibility index (Phi) is 11.1. The number of rotatable bonds is 15. The van der Waals surface area contributed by atoms with Gasteiger partial charge in [0, 0.05) is 43.4 Å². The zero-order valence-electron chi connectivity index (χ0n) is 28.0. The molecule has 44 heavy (non-hydrogen) atoms. The van der Waals surface area contributed by atoms with Gasteiger partial charge in [0.2, 0.25) is 5.96 Å². The minimum Gasteiger partial charge on any atom is -0.465 e. The average molecular weight is 616 g/mol. The number of ether oxygens (including phenoxy) is 1. The zero-order valence-corrected chi connectivity index (χ0v) is 28.0. The molecule has 0 amide bonds. The molecule has 6 heterocycles. The Morgan fingerprint density at radius 1 is 0.909 bits per heavy atom. The summed E-state index contributed by atoms with van der Waals surface area (Å²) >= 11 is 0. The summed E-state index contributed by atoms with van der Waals surface area (Å²) in [5, 5.41) is 19.8. The van der Waals surface area contributed by atoms with Crippen LogP contribution in [-0.2, 0) is 9.53 Å². The molecule has 5 fully saturated rings. The van der Waals surface area contributed by atoms with Crippen molar-refractivity contribution in [3.63, 3.8) is 0 Å². The van der Waals surface area contributed by atoms with Gasteiger partial charge in [0.25, 0.3) is 0 Å². The van der Waals surface area contributed by atoms with Crippen LogP contribution in [0.3, 0.4) is 0 Å². The Morgan fingerprint density at radius 2 is 1.64 bits per heavy atom. The molecule has 11 unspecified atom stereocenters. The van der Waals surface area contributed by atoms with Crippen molar-refractivity contribution in [2.45, 2.75) is 197 Å². The van der Waals surface area contributed by atoms with E-state index >= 15 is 0 Å². The van der Waals surface area contributed by atoms with Gasteiger partial charge in [0.05, 0.1) is 24.7 Å². The van der Waals surface area contributed by atoms with E-state index in [0.717, 1.165) is 44.5 Å². The van der Waals surface area contributed by atoms with Crippen LogP contribution < -0.4 is 15.5 Å². The van der Waals surface area contributed by atoms with E-state index in [4.69, 9.17) is 9.73 Å². The number of nitrogens with zero attached hydrogens (tertiary/aromatic N) is 3. The number of quaternary nitrogens is 1. The second kappa shape index (κ2) is 15.0. The van der Waals surface area contributed by atoms with Crippen molar-refractivity contribution in [2.75, 3.05) is 6.61 Å². The number of carbonyl (C=O) groups excluding carboxylic acids is 1. The first-order valence-electron chi connectivity index (χ1n) is 18.8. The highest BCUT2D eigenvalue weighted by molar-refractivity contribution is 5.82. The lowest BCUT2D eigenvalue weighted by atomic mass is 9.88. The van der Waals surface area contributed by atoms with E-state index in [1.54, 1.807) is 4.90 Å². The van der Waals surface area contributed by atoms with E-state index in [0.29, 0.717) is 42.9 Å². The summed E-state index contributed by atoms with van der Waals surface area (Å²) in [5.41, 5.74) is 0. The molecule has 9 heteroatoms. The highest BCUT2D eigenvalue weighted by Crippen LogP contribution is 2.39. The van der Waals surface area contributed by atoms with Gasteiger partial charge in [-0.1, -0.05) is 64.7 Å². The van der Waals surface area contributed by atoms with Gasteiger partial charge in [-0.05, 0) is 58.8 Å². The van der Waals surface area contributed by atoms with E-state index in [2.05, 4.69) is 36.3 Å². The standard InChI is InChI=1S/C35H62N6O3/c1-4-5-6-8-11-14-26-22-30-18-19-31-32(25(3)36-34(37-26)40(30)31)33(42)44-20-13-10-7-9-12-15-27-23-29-17-16-28-21-24(2)41(43)35(38-27)39(28)29/h24-32,34,36-37,43H,4-23H2,1-3H3/p+1. The summed E-state index contributed by atoms with van der Waals surface area (Å²) in [4.78, 5) is 22.3. The van der Waals surface area contributed by atoms with Crippen molar-refractivity contribution in [2.24, 2.45) is 10.9 Å². The van der Waals surface area contributed by atoms with E-state index in [9.17, 15) is 10.0 Å². The number of hydrogen-bond donors (Lipinski definition) is 4. The van der Waals surface area contributed by atoms with Crippen LogP contribution in [0.4, 0.5) is 0 Å². The van der Waals surface area contributed by atoms with Gasteiger partial charge in [-0.25, -0.2) is 10.1 Å². The van der Waals surface area contributed by atoms with Gasteiger partial charge in [0.15, 0.2) is 6.29 Å². The lowest BCUT2D eigenvalue weighted by molar-refractivity contribution is -0.980. The van der Waals surface area contributed by atoms with Crippen molar-refractivity contribution >= 4 is 11.9 Å². The molecule has 0 bridgehead atoms. The molecule has 0 aromatic rings. The molecule has 6 aliphatic rings. The minimum atomic E-state index is -0.0381. The molecule has 11 atom stereocenters. The third-order valence-electron chi connectivity index (χ3n) is 12.2. The van der Waals surface area contributed by atoms with Crippen molar-refractivity contribution in [3.05, 3.63) is 0 Å². The van der Waals surface area contributed by atoms with E-state index in [-0.39, 0.29) is 30.3 Å². The maximum atomic E-state index is 13.3. The number of unbranched alkanes of at least 4 members (excludes halogenated alkanes) is 8. The second-order valence-electron chi connectivity index (χ2n) is 15.4. The number of guanidine groups is 1. The molecule has 0 spiro atoms. The SMILES string of the molecule is CCCCCCCC1CC2CCC3C(C(=O)OCCCCCCCC4CC5CCC6CC(C)N(O)C(=N4)N56)C(C)NC(N1)[NH+]23. The Morgan fingerprint density at radius 3 is 2.45 bits per heavy atom. The number of esters is 1. The van der Waals surface area contributed by atoms with E-state index in [1.807, 2.05) is 0 Å². The largest absolute Gasteiger partial charge is 0.465 e. The molecule has 6 rings (SSSR count). The fraction of sp³-hybridized carbons (Fsp3) is 0.943. The molecule has 0 aliphatic carbocycles. The van der Waals surface area contributed by atoms with Gasteiger partial charge < -0.3 is 14.5 Å². The van der Waals surface area contributed by atoms with Gasteiger partial charge >= 0.3 is 5.97 Å². The van der Waals surface area contributed by atoms with Crippen LogP contribution >= 0.6 is 0 Å². The summed E-state index contributed by atoms with van der Waals surface area (Å²) in [6.07, 6.45) is 23.3. The Balaban J connectivity index is 0.865. The van der Waals surface area contributed by atoms with Crippen molar-refractivity contribution < 1.29 is 19.6 Å². The number of carbonyl (C=O) groups is 1. The predicted octanol–water partition coefficient (Wildman–Crippen LogP) is 4.34. The van der Waals surface area contributed by atoms with Gasteiger partial charge in [0.1, 0.15) is 12.0 Å². The van der Waals surface area contributed by atoms with Gasteiger partial charge in [-0.3, -0.25) is 20.6 Å². The molecular formula is C35H63N6O3+. The quantitative estimate of drug-likeness (QED) is 0.161. The topological polar surface area (TPSA) is 93.9 Å². The van der Waals surface area contributed by atoms with Crippen LogP contribution in [0.25, 0.3) is 0 Å². The lowest BCUT2D eigenvalue weighted by Gasteiger charge is -2.49. The minimum absolute atomic E-state index is 0.0224. The van der Waals surface area contributed by atoms with Crippen LogP contribution in [-0.4, -0.2) is 88.3 Å². The number of aliphatic imine (C=N–C) groups is 1. The lowest BCUT2D eigenvalue weighted by Crippen LogP contribution is -3.27. The first kappa shape index (κ1) is 32.5. The zero-order chi connectivity index (χ0) is 30.6. The van der Waals surface area contributed by atoms with Crippen molar-refractivity contribution in [1.82, 2.24) is 20.6 Å². The number of hydroxylamine groups is 2. The maximum Gasteiger partial charge on any atom is 0.316 e. The highest BCUT2D eigenvalue weighted by Gasteiger charge is 2.56. The molecule has 9 nitrogen and oxygen atoms in total. The average Bonchev–Trinajstić information content (AvgIpc) is 3.62. The molecule has 5 saturated heterocycles. The summed E-state index contributed by atoms with van der Waals surface area (Å²) in [6.45, 7) is 7.14. The van der Waals surface area contributed by atoms with Gasteiger partial charge in [-0.15, -0.1) is 0 Å². The fourth-order valence-electron chi connectivity index (χ4n) is 9.95. The summed E-state index contributed by atoms with van der Waals surface area (Å²) in [7, 11) is 0. The Labute approximate surface area is 266 Å². The molecule has 4 N–H and O–H groups in total. The van der Waals surface area contributed by atoms with Crippen molar-refractivity contribution in [3.8, 4) is 0 Å². The van der Waals surface area contributed by atoms with E-state index in [1.165, 1.54) is 88.5 Å². The maximum absolute atomic E-state index is 13.3. The molecule has 0 saturated carbocycles. The van der Waals surface area contributed by atoms with Crippen LogP contribution in [0.2, 0.25) is 0 Å². The van der Waals surface area contributed by atoms with Crippen LogP contribution in [0, 0.1) is 5.92 Å². The Hall–Kier alpha value is -1.42. The number of hydrogen-bond acceptors (Lipinski definition) is 8. The van der Waals surface area contributed by atoms with E-state index < -0.39 is 0 Å². The monoisotopic (exact) mass is 615 g/mol. The van der Waals surface area contributed by atoms with Crippen LogP contribution in [0.5, 0.6) is 0 Å². The summed E-state index contributed by atoms with van der Waals surface area (Å²) in [6, 6.07) is 3.45. The predicted molar refractivity (Wildman–Crippen MR) is 173 cm³/mol. The van der Waals surface area contributed by atoms with Crippen LogP contribution in [0.1, 0.15) is 143 Å². The molecule has 0 aromatic heterocycles. The summed E-state index contributed by atoms with van der Waals surface area (Å²) < 4.78 is 5.92. The molecular weight excluding hydrogens is 552 g/mol. The summed E-state index contributed by atoms with van der Waals surface area (Å²) in [5.74, 6) is 0.828. The highest BCUT2D eigenvalue weighted by atomic mass is 16.5. The first-order valence-corrected chi connectivity index (χ1v) is 18.8. The van der Waals surface area contributed by atoms with Crippen LogP contribution in [0.15, 0.2) is 4.99 Å². The molecule has 250 valence electrons. The Bertz CT molecular complexity index is 980. The third kappa shape index (κ3) is 7.11. The van der Waals surface area contributed by atoms with Crippen molar-refractivity contribution in [1.29, 1.82) is 0 Å². The first-order chi connectivity index (χ1) is 21.4. The normalized spacial score (nSPS) is 39.2.